The van der Waals surface area contributed by atoms with Crippen LogP contribution in [0.15, 0.2) is 35.1 Å². The highest BCUT2D eigenvalue weighted by Crippen LogP contribution is 2.33. The summed E-state index contributed by atoms with van der Waals surface area (Å²) >= 11 is 0. The number of aryl methyl sites for hydroxylation is 1. The number of nitrogens with one attached hydrogen (secondary N) is 1. The van der Waals surface area contributed by atoms with Gasteiger partial charge in [-0.1, -0.05) is 12.1 Å². The molecule has 10 heteroatoms. The van der Waals surface area contributed by atoms with E-state index in [2.05, 4.69) is 10.4 Å². The molecule has 0 bridgehead atoms. The van der Waals surface area contributed by atoms with Crippen LogP contribution >= 0.6 is 12.4 Å². The number of amides is 1. The maximum Gasteiger partial charge on any atom is 0.418 e. The summed E-state index contributed by atoms with van der Waals surface area (Å²) in [6, 6.07) is 5.91. The number of aromatic nitrogens is 2. The number of halogens is 4. The Morgan fingerprint density at radius 1 is 1.29 bits per heavy atom. The van der Waals surface area contributed by atoms with E-state index >= 15 is 0 Å². The van der Waals surface area contributed by atoms with Crippen molar-refractivity contribution in [2.24, 2.45) is 0 Å². The van der Waals surface area contributed by atoms with Crippen LogP contribution in [0.2, 0.25) is 0 Å². The van der Waals surface area contributed by atoms with Crippen molar-refractivity contribution >= 4 is 18.3 Å². The summed E-state index contributed by atoms with van der Waals surface area (Å²) in [6.45, 7) is 4.85. The molecule has 1 aromatic heterocycles. The number of hydrogen-bond donors (Lipinski definition) is 1. The Balaban J connectivity index is 0.00000280. The first-order valence-corrected chi connectivity index (χ1v) is 8.49. The van der Waals surface area contributed by atoms with Crippen LogP contribution in [0.5, 0.6) is 0 Å². The van der Waals surface area contributed by atoms with Crippen molar-refractivity contribution in [1.29, 1.82) is 0 Å². The molecule has 1 fully saturated rings. The second kappa shape index (κ2) is 8.32. The number of alkyl halides is 3. The predicted molar refractivity (Wildman–Crippen MR) is 100 cm³/mol. The lowest BCUT2D eigenvalue weighted by Gasteiger charge is -2.33. The van der Waals surface area contributed by atoms with Crippen molar-refractivity contribution in [3.05, 3.63) is 57.5 Å². The number of benzene rings is 1. The van der Waals surface area contributed by atoms with Crippen LogP contribution in [0.3, 0.4) is 0 Å². The molecule has 1 atom stereocenters. The molecule has 1 aliphatic rings. The second-order valence-corrected chi connectivity index (χ2v) is 6.48. The Hall–Kier alpha value is -2.39. The van der Waals surface area contributed by atoms with Gasteiger partial charge in [-0.25, -0.2) is 4.68 Å². The normalized spacial score (nSPS) is 17.2. The monoisotopic (exact) mass is 416 g/mol. The molecule has 0 radical (unpaired) electrons. The van der Waals surface area contributed by atoms with E-state index in [1.54, 1.807) is 0 Å². The minimum absolute atomic E-state index is 0. The molecular formula is C18H20ClF3N4O2. The highest BCUT2D eigenvalue weighted by molar-refractivity contribution is 5.92. The topological polar surface area (TPSA) is 67.2 Å². The van der Waals surface area contributed by atoms with Gasteiger partial charge in [-0.3, -0.25) is 9.59 Å². The van der Waals surface area contributed by atoms with Crippen LogP contribution in [0.25, 0.3) is 5.69 Å². The quantitative estimate of drug-likeness (QED) is 0.816. The SMILES string of the molecule is Cc1cc(=O)c(C(=O)N2CCNC[C@@H]2C)nn1-c1ccccc1C(F)(F)F.Cl. The Morgan fingerprint density at radius 2 is 1.96 bits per heavy atom. The third-order valence-electron chi connectivity index (χ3n) is 4.51. The zero-order valence-corrected chi connectivity index (χ0v) is 16.1. The van der Waals surface area contributed by atoms with Gasteiger partial charge in [0.1, 0.15) is 0 Å². The molecule has 0 spiro atoms. The molecule has 2 heterocycles. The van der Waals surface area contributed by atoms with Gasteiger partial charge >= 0.3 is 6.18 Å². The number of carbonyl (C=O) groups is 1. The molecular weight excluding hydrogens is 397 g/mol. The van der Waals surface area contributed by atoms with Gasteiger partial charge in [0.05, 0.1) is 11.3 Å². The summed E-state index contributed by atoms with van der Waals surface area (Å²) in [4.78, 5) is 26.7. The minimum atomic E-state index is -4.59. The number of carbonyl (C=O) groups excluding carboxylic acids is 1. The highest BCUT2D eigenvalue weighted by atomic mass is 35.5. The Labute approximate surface area is 165 Å². The van der Waals surface area contributed by atoms with Crippen LogP contribution in [0.4, 0.5) is 13.2 Å². The van der Waals surface area contributed by atoms with Crippen molar-refractivity contribution < 1.29 is 18.0 Å². The highest BCUT2D eigenvalue weighted by Gasteiger charge is 2.34. The fourth-order valence-corrected chi connectivity index (χ4v) is 3.12. The van der Waals surface area contributed by atoms with Gasteiger partial charge in [0.2, 0.25) is 5.43 Å². The van der Waals surface area contributed by atoms with Crippen LogP contribution in [0, 0.1) is 6.92 Å². The van der Waals surface area contributed by atoms with Crippen molar-refractivity contribution in [2.75, 3.05) is 19.6 Å². The van der Waals surface area contributed by atoms with Gasteiger partial charge in [0.15, 0.2) is 5.69 Å². The van der Waals surface area contributed by atoms with Gasteiger partial charge in [-0.15, -0.1) is 12.4 Å². The van der Waals surface area contributed by atoms with Crippen molar-refractivity contribution in [3.63, 3.8) is 0 Å². The number of nitrogens with zero attached hydrogens (tertiary/aromatic N) is 3. The maximum atomic E-state index is 13.4. The zero-order valence-electron chi connectivity index (χ0n) is 15.3. The van der Waals surface area contributed by atoms with Gasteiger partial charge in [0.25, 0.3) is 5.91 Å². The molecule has 1 N–H and O–H groups in total. The third kappa shape index (κ3) is 4.20. The zero-order chi connectivity index (χ0) is 19.8. The maximum absolute atomic E-state index is 13.4. The first-order valence-electron chi connectivity index (χ1n) is 8.49. The molecule has 152 valence electrons. The summed E-state index contributed by atoms with van der Waals surface area (Å²) < 4.78 is 41.1. The average Bonchev–Trinajstić information content (AvgIpc) is 2.61. The molecule has 28 heavy (non-hydrogen) atoms. The Morgan fingerprint density at radius 3 is 2.61 bits per heavy atom. The number of para-hydroxylation sites is 1. The molecule has 0 saturated carbocycles. The number of hydrogen-bond acceptors (Lipinski definition) is 4. The fraction of sp³-hybridized carbons (Fsp3) is 0.389. The lowest BCUT2D eigenvalue weighted by atomic mass is 10.1. The van der Waals surface area contributed by atoms with E-state index in [4.69, 9.17) is 0 Å². The lowest BCUT2D eigenvalue weighted by molar-refractivity contribution is -0.137. The van der Waals surface area contributed by atoms with Gasteiger partial charge in [-0.2, -0.15) is 18.3 Å². The molecule has 1 aromatic carbocycles. The summed E-state index contributed by atoms with van der Waals surface area (Å²) in [7, 11) is 0. The van der Waals surface area contributed by atoms with Crippen LogP contribution in [-0.2, 0) is 6.18 Å². The fourth-order valence-electron chi connectivity index (χ4n) is 3.12. The summed E-state index contributed by atoms with van der Waals surface area (Å²) in [5, 5.41) is 7.15. The largest absolute Gasteiger partial charge is 0.418 e. The summed E-state index contributed by atoms with van der Waals surface area (Å²) in [6.07, 6.45) is -4.59. The number of piperazine rings is 1. The number of rotatable bonds is 2. The van der Waals surface area contributed by atoms with Crippen LogP contribution in [-0.4, -0.2) is 46.3 Å². The average molecular weight is 417 g/mol. The molecule has 1 saturated heterocycles. The van der Waals surface area contributed by atoms with Crippen molar-refractivity contribution in [2.45, 2.75) is 26.1 Å². The second-order valence-electron chi connectivity index (χ2n) is 6.48. The minimum Gasteiger partial charge on any atom is -0.332 e. The summed E-state index contributed by atoms with van der Waals surface area (Å²) in [5.74, 6) is -0.577. The molecule has 6 nitrogen and oxygen atoms in total. The molecule has 0 unspecified atom stereocenters. The Bertz CT molecular complexity index is 930. The van der Waals surface area contributed by atoms with Crippen LogP contribution in [0.1, 0.15) is 28.7 Å². The summed E-state index contributed by atoms with van der Waals surface area (Å²) in [5.41, 5.74) is -1.90. The van der Waals surface area contributed by atoms with Crippen LogP contribution < -0.4 is 10.7 Å². The van der Waals surface area contributed by atoms with Crippen molar-refractivity contribution in [3.8, 4) is 5.69 Å². The van der Waals surface area contributed by atoms with E-state index in [0.717, 1.165) is 16.8 Å². The van der Waals surface area contributed by atoms with E-state index < -0.39 is 23.1 Å². The molecule has 3 rings (SSSR count). The van der Waals surface area contributed by atoms with E-state index in [1.807, 2.05) is 6.92 Å². The van der Waals surface area contributed by atoms with E-state index in [0.29, 0.717) is 19.6 Å². The molecule has 1 amide bonds. The Kier molecular flexibility index (Phi) is 6.51. The van der Waals surface area contributed by atoms with E-state index in [1.165, 1.54) is 30.0 Å². The smallest absolute Gasteiger partial charge is 0.332 e. The first-order chi connectivity index (χ1) is 12.7. The van der Waals surface area contributed by atoms with Gasteiger partial charge < -0.3 is 10.2 Å². The van der Waals surface area contributed by atoms with E-state index in [-0.39, 0.29) is 35.5 Å². The predicted octanol–water partition coefficient (Wildman–Crippen LogP) is 2.42. The lowest BCUT2D eigenvalue weighted by Crippen LogP contribution is -2.53. The molecule has 0 aliphatic carbocycles. The van der Waals surface area contributed by atoms with Crippen molar-refractivity contribution in [1.82, 2.24) is 20.0 Å². The molecule has 2 aromatic rings. The van der Waals surface area contributed by atoms with Gasteiger partial charge in [0, 0.05) is 37.4 Å². The van der Waals surface area contributed by atoms with Gasteiger partial charge in [-0.05, 0) is 26.0 Å². The van der Waals surface area contributed by atoms with E-state index in [9.17, 15) is 22.8 Å². The third-order valence-corrected chi connectivity index (χ3v) is 4.51. The molecule has 1 aliphatic heterocycles. The standard InChI is InChI=1S/C18H19F3N4O2.ClH/c1-11-9-15(26)16(17(27)24-8-7-22-10-12(24)2)23-25(11)14-6-4-3-5-13(14)18(19,20)21;/h3-6,9,12,22H,7-8,10H2,1-2H3;1H/t12-;/m0./s1. The first kappa shape index (κ1) is 21.9.